The van der Waals surface area contributed by atoms with Crippen molar-refractivity contribution in [3.8, 4) is 0 Å². The van der Waals surface area contributed by atoms with E-state index in [1.165, 1.54) is 25.7 Å². The molecule has 0 bridgehead atoms. The molecule has 2 nitrogen and oxygen atoms in total. The van der Waals surface area contributed by atoms with Crippen LogP contribution in [0.25, 0.3) is 0 Å². The highest BCUT2D eigenvalue weighted by Crippen LogP contribution is 2.36. The summed E-state index contributed by atoms with van der Waals surface area (Å²) in [5.41, 5.74) is 0. The zero-order valence-corrected chi connectivity index (χ0v) is 8.72. The van der Waals surface area contributed by atoms with Gasteiger partial charge in [0.25, 0.3) is 5.22 Å². The highest BCUT2D eigenvalue weighted by Gasteiger charge is 2.23. The van der Waals surface area contributed by atoms with Crippen LogP contribution in [0.1, 0.15) is 32.6 Å². The van der Waals surface area contributed by atoms with Crippen LogP contribution in [0.15, 0.2) is 22.1 Å². The molecule has 1 aromatic heterocycles. The first-order valence-electron chi connectivity index (χ1n) is 4.92. The first-order valence-corrected chi connectivity index (χ1v) is 5.80. The third kappa shape index (κ3) is 2.27. The molecular formula is C10H15NOS. The minimum Gasteiger partial charge on any atom is -0.440 e. The van der Waals surface area contributed by atoms with Crippen molar-refractivity contribution in [2.24, 2.45) is 5.92 Å². The zero-order chi connectivity index (χ0) is 9.10. The highest BCUT2D eigenvalue weighted by atomic mass is 32.2. The van der Waals surface area contributed by atoms with E-state index >= 15 is 0 Å². The average molecular weight is 197 g/mol. The maximum absolute atomic E-state index is 5.22. The molecule has 1 aliphatic rings. The number of thioether (sulfide) groups is 1. The van der Waals surface area contributed by atoms with E-state index in [9.17, 15) is 0 Å². The normalized spacial score (nSPS) is 20.7. The molecule has 0 amide bonds. The topological polar surface area (TPSA) is 26.0 Å². The summed E-state index contributed by atoms with van der Waals surface area (Å²) in [5, 5.41) is 1.47. The smallest absolute Gasteiger partial charge is 0.255 e. The highest BCUT2D eigenvalue weighted by molar-refractivity contribution is 7.99. The van der Waals surface area contributed by atoms with Gasteiger partial charge in [-0.15, -0.1) is 0 Å². The molecule has 1 heterocycles. The van der Waals surface area contributed by atoms with Crippen LogP contribution in [-0.2, 0) is 0 Å². The van der Waals surface area contributed by atoms with Crippen LogP contribution in [0.5, 0.6) is 0 Å². The van der Waals surface area contributed by atoms with E-state index in [1.54, 1.807) is 24.2 Å². The Hall–Kier alpha value is -0.440. The lowest BCUT2D eigenvalue weighted by Gasteiger charge is -2.15. The van der Waals surface area contributed by atoms with Gasteiger partial charge in [-0.2, -0.15) is 0 Å². The van der Waals surface area contributed by atoms with Crippen molar-refractivity contribution in [1.29, 1.82) is 0 Å². The molecule has 1 saturated carbocycles. The molecule has 1 aliphatic carbocycles. The Balaban J connectivity index is 1.87. The van der Waals surface area contributed by atoms with Gasteiger partial charge in [0.05, 0.1) is 6.20 Å². The Morgan fingerprint density at radius 2 is 2.31 bits per heavy atom. The SMILES string of the molecule is CC(Sc1ncco1)C1CCCC1. The largest absolute Gasteiger partial charge is 0.440 e. The lowest BCUT2D eigenvalue weighted by Crippen LogP contribution is -2.09. The fourth-order valence-corrected chi connectivity index (χ4v) is 2.97. The molecule has 0 spiro atoms. The van der Waals surface area contributed by atoms with E-state index < -0.39 is 0 Å². The van der Waals surface area contributed by atoms with Crippen molar-refractivity contribution in [2.75, 3.05) is 0 Å². The van der Waals surface area contributed by atoms with Gasteiger partial charge in [-0.3, -0.25) is 0 Å². The lowest BCUT2D eigenvalue weighted by atomic mass is 10.1. The third-order valence-corrected chi connectivity index (χ3v) is 3.92. The summed E-state index contributed by atoms with van der Waals surface area (Å²) in [7, 11) is 0. The average Bonchev–Trinajstić information content (AvgIpc) is 2.74. The Labute approximate surface area is 83.1 Å². The summed E-state index contributed by atoms with van der Waals surface area (Å²) in [4.78, 5) is 4.12. The molecule has 3 heteroatoms. The molecule has 0 radical (unpaired) electrons. The van der Waals surface area contributed by atoms with Gasteiger partial charge < -0.3 is 4.42 Å². The quantitative estimate of drug-likeness (QED) is 0.695. The van der Waals surface area contributed by atoms with Crippen LogP contribution >= 0.6 is 11.8 Å². The van der Waals surface area contributed by atoms with Gasteiger partial charge in [-0.05, 0) is 18.8 Å². The summed E-state index contributed by atoms with van der Waals surface area (Å²) in [6, 6.07) is 0. The molecule has 0 N–H and O–H groups in total. The maximum Gasteiger partial charge on any atom is 0.255 e. The third-order valence-electron chi connectivity index (χ3n) is 2.76. The van der Waals surface area contributed by atoms with Crippen molar-refractivity contribution in [3.63, 3.8) is 0 Å². The summed E-state index contributed by atoms with van der Waals surface area (Å²) >= 11 is 1.77. The predicted octanol–water partition coefficient (Wildman–Crippen LogP) is 3.35. The van der Waals surface area contributed by atoms with E-state index in [2.05, 4.69) is 11.9 Å². The summed E-state index contributed by atoms with van der Waals surface area (Å²) in [5.74, 6) is 0.872. The molecule has 1 aromatic rings. The summed E-state index contributed by atoms with van der Waals surface area (Å²) in [6.07, 6.45) is 8.93. The lowest BCUT2D eigenvalue weighted by molar-refractivity contribution is 0.449. The van der Waals surface area contributed by atoms with E-state index in [-0.39, 0.29) is 0 Å². The van der Waals surface area contributed by atoms with E-state index in [1.807, 2.05) is 0 Å². The molecule has 2 rings (SSSR count). The molecule has 0 saturated heterocycles. The number of hydrogen-bond donors (Lipinski definition) is 0. The standard InChI is InChI=1S/C10H15NOS/c1-8(9-4-2-3-5-9)13-10-11-6-7-12-10/h6-9H,2-5H2,1H3. The Bertz CT molecular complexity index is 241. The second-order valence-corrected chi connectivity index (χ2v) is 4.99. The molecule has 1 fully saturated rings. The van der Waals surface area contributed by atoms with Crippen molar-refractivity contribution >= 4 is 11.8 Å². The van der Waals surface area contributed by atoms with Gasteiger partial charge >= 0.3 is 0 Å². The Morgan fingerprint density at radius 3 is 2.92 bits per heavy atom. The predicted molar refractivity (Wildman–Crippen MR) is 53.8 cm³/mol. The fraction of sp³-hybridized carbons (Fsp3) is 0.700. The molecular weight excluding hydrogens is 182 g/mol. The van der Waals surface area contributed by atoms with Crippen molar-refractivity contribution in [1.82, 2.24) is 4.98 Å². The number of rotatable bonds is 3. The minimum absolute atomic E-state index is 0.654. The van der Waals surface area contributed by atoms with Crippen LogP contribution in [-0.4, -0.2) is 10.2 Å². The molecule has 1 atom stereocenters. The van der Waals surface area contributed by atoms with Crippen LogP contribution in [0.2, 0.25) is 0 Å². The van der Waals surface area contributed by atoms with Crippen LogP contribution in [0.4, 0.5) is 0 Å². The second-order valence-electron chi connectivity index (χ2n) is 3.67. The first kappa shape index (κ1) is 9.13. The minimum atomic E-state index is 0.654. The van der Waals surface area contributed by atoms with Crippen LogP contribution in [0, 0.1) is 5.92 Å². The van der Waals surface area contributed by atoms with Crippen molar-refractivity contribution in [2.45, 2.75) is 43.1 Å². The van der Waals surface area contributed by atoms with Crippen molar-refractivity contribution in [3.05, 3.63) is 12.5 Å². The number of hydrogen-bond acceptors (Lipinski definition) is 3. The van der Waals surface area contributed by atoms with Gasteiger partial charge in [-0.1, -0.05) is 31.5 Å². The Kier molecular flexibility index (Phi) is 2.94. The molecule has 0 aromatic carbocycles. The Morgan fingerprint density at radius 1 is 1.54 bits per heavy atom. The maximum atomic E-state index is 5.22. The zero-order valence-electron chi connectivity index (χ0n) is 7.90. The summed E-state index contributed by atoms with van der Waals surface area (Å²) in [6.45, 7) is 2.28. The second kappa shape index (κ2) is 4.18. The van der Waals surface area contributed by atoms with Gasteiger partial charge in [0.1, 0.15) is 6.26 Å². The van der Waals surface area contributed by atoms with E-state index in [0.29, 0.717) is 5.25 Å². The first-order chi connectivity index (χ1) is 6.36. The van der Waals surface area contributed by atoms with E-state index in [4.69, 9.17) is 4.42 Å². The monoisotopic (exact) mass is 197 g/mol. The van der Waals surface area contributed by atoms with Gasteiger partial charge in [0.2, 0.25) is 0 Å². The molecule has 1 unspecified atom stereocenters. The summed E-state index contributed by atoms with van der Waals surface area (Å²) < 4.78 is 5.22. The van der Waals surface area contributed by atoms with Gasteiger partial charge in [0, 0.05) is 5.25 Å². The number of aromatic nitrogens is 1. The van der Waals surface area contributed by atoms with Gasteiger partial charge in [-0.25, -0.2) is 4.98 Å². The van der Waals surface area contributed by atoms with Gasteiger partial charge in [0.15, 0.2) is 0 Å². The van der Waals surface area contributed by atoms with E-state index in [0.717, 1.165) is 11.1 Å². The van der Waals surface area contributed by atoms with Crippen LogP contribution in [0.3, 0.4) is 0 Å². The fourth-order valence-electron chi connectivity index (χ4n) is 1.95. The molecule has 0 aliphatic heterocycles. The molecule has 72 valence electrons. The number of oxazole rings is 1. The van der Waals surface area contributed by atoms with Crippen molar-refractivity contribution < 1.29 is 4.42 Å². The molecule has 13 heavy (non-hydrogen) atoms. The van der Waals surface area contributed by atoms with Crippen LogP contribution < -0.4 is 0 Å². The number of nitrogens with zero attached hydrogens (tertiary/aromatic N) is 1.